The molecule has 0 amide bonds. The van der Waals surface area contributed by atoms with Gasteiger partial charge >= 0.3 is 0 Å². The fourth-order valence-electron chi connectivity index (χ4n) is 0.515. The Morgan fingerprint density at radius 1 is 1.45 bits per heavy atom. The Morgan fingerprint density at radius 3 is 2.45 bits per heavy atom. The van der Waals surface area contributed by atoms with Crippen molar-refractivity contribution in [1.29, 1.82) is 0 Å². The zero-order chi connectivity index (χ0) is 8.48. The van der Waals surface area contributed by atoms with Crippen LogP contribution in [0.4, 0.5) is 0 Å². The fraction of sp³-hybridized carbons (Fsp3) is 0. The van der Waals surface area contributed by atoms with Crippen molar-refractivity contribution in [2.75, 3.05) is 0 Å². The molecule has 0 fully saturated rings. The molecule has 60 valence electrons. The predicted octanol–water partition coefficient (Wildman–Crippen LogP) is 0.982. The molecule has 11 heavy (non-hydrogen) atoms. The van der Waals surface area contributed by atoms with Crippen molar-refractivity contribution >= 4 is 21.7 Å². The second-order valence-electron chi connectivity index (χ2n) is 1.79. The Kier molecular flexibility index (Phi) is 2.12. The van der Waals surface area contributed by atoms with Gasteiger partial charge in [-0.25, -0.2) is 4.98 Å². The van der Waals surface area contributed by atoms with Crippen LogP contribution in [0.25, 0.3) is 0 Å². The Hall–Kier alpha value is -0.650. The van der Waals surface area contributed by atoms with E-state index in [1.807, 2.05) is 0 Å². The second-order valence-corrected chi connectivity index (χ2v) is 3.60. The van der Waals surface area contributed by atoms with Crippen LogP contribution in [-0.2, 0) is 10.1 Å². The number of aromatic nitrogens is 1. The highest BCUT2D eigenvalue weighted by Crippen LogP contribution is 2.09. The molecule has 0 saturated carbocycles. The van der Waals surface area contributed by atoms with Gasteiger partial charge in [-0.1, -0.05) is 11.6 Å². The maximum Gasteiger partial charge on any atom is 0.296 e. The second kappa shape index (κ2) is 2.77. The van der Waals surface area contributed by atoms with Gasteiger partial charge < -0.3 is 0 Å². The fourth-order valence-corrected chi connectivity index (χ4v) is 1.05. The normalized spacial score (nSPS) is 11.5. The van der Waals surface area contributed by atoms with Crippen LogP contribution >= 0.6 is 11.6 Å². The Morgan fingerprint density at radius 2 is 2.09 bits per heavy atom. The first-order valence-electron chi connectivity index (χ1n) is 2.59. The van der Waals surface area contributed by atoms with E-state index in [1.54, 1.807) is 0 Å². The van der Waals surface area contributed by atoms with Crippen LogP contribution in [0.5, 0.6) is 0 Å². The summed E-state index contributed by atoms with van der Waals surface area (Å²) in [5, 5.41) is 0.178. The van der Waals surface area contributed by atoms with Crippen molar-refractivity contribution in [2.24, 2.45) is 0 Å². The molecule has 1 rings (SSSR count). The van der Waals surface area contributed by atoms with Crippen LogP contribution in [0.3, 0.4) is 0 Å². The first kappa shape index (κ1) is 8.45. The number of nitrogens with zero attached hydrogens (tertiary/aromatic N) is 1. The first-order valence-corrected chi connectivity index (χ1v) is 4.41. The molecule has 0 spiro atoms. The van der Waals surface area contributed by atoms with Crippen molar-refractivity contribution in [3.8, 4) is 0 Å². The zero-order valence-corrected chi connectivity index (χ0v) is 6.80. The van der Waals surface area contributed by atoms with Crippen molar-refractivity contribution in [2.45, 2.75) is 4.90 Å². The third kappa shape index (κ3) is 2.14. The molecular formula is C5H4ClNO3S. The summed E-state index contributed by atoms with van der Waals surface area (Å²) >= 11 is 5.37. The Bertz CT molecular complexity index is 344. The van der Waals surface area contributed by atoms with Crippen LogP contribution in [0.2, 0.25) is 5.15 Å². The van der Waals surface area contributed by atoms with Gasteiger partial charge in [0, 0.05) is 6.20 Å². The van der Waals surface area contributed by atoms with Gasteiger partial charge in [-0.15, -0.1) is 0 Å². The third-order valence-electron chi connectivity index (χ3n) is 0.998. The van der Waals surface area contributed by atoms with Gasteiger partial charge in [0.15, 0.2) is 0 Å². The molecule has 1 aromatic rings. The molecule has 0 aliphatic carbocycles. The van der Waals surface area contributed by atoms with Crippen LogP contribution in [0, 0.1) is 0 Å². The summed E-state index contributed by atoms with van der Waals surface area (Å²) in [6.45, 7) is 0. The summed E-state index contributed by atoms with van der Waals surface area (Å²) in [5.41, 5.74) is 0. The van der Waals surface area contributed by atoms with Gasteiger partial charge in [0.05, 0.1) is 0 Å². The number of rotatable bonds is 1. The van der Waals surface area contributed by atoms with E-state index in [-0.39, 0.29) is 10.0 Å². The van der Waals surface area contributed by atoms with E-state index in [0.29, 0.717) is 0 Å². The molecule has 0 aliphatic heterocycles. The zero-order valence-electron chi connectivity index (χ0n) is 5.23. The summed E-state index contributed by atoms with van der Waals surface area (Å²) in [5.74, 6) is 0. The van der Waals surface area contributed by atoms with E-state index in [9.17, 15) is 8.42 Å². The lowest BCUT2D eigenvalue weighted by molar-refractivity contribution is 0.483. The van der Waals surface area contributed by atoms with E-state index in [2.05, 4.69) is 4.98 Å². The van der Waals surface area contributed by atoms with Gasteiger partial charge in [-0.05, 0) is 12.1 Å². The highest BCUT2D eigenvalue weighted by atomic mass is 35.5. The van der Waals surface area contributed by atoms with E-state index in [1.165, 1.54) is 12.1 Å². The molecule has 6 heteroatoms. The summed E-state index contributed by atoms with van der Waals surface area (Å²) in [4.78, 5) is 3.21. The quantitative estimate of drug-likeness (QED) is 0.533. The standard InChI is InChI=1S/C5H4ClNO3S/c6-5-2-1-4(3-7-5)11(8,9)10/h1-3H,(H,8,9,10). The molecule has 0 atom stereocenters. The van der Waals surface area contributed by atoms with Gasteiger partial charge in [0.25, 0.3) is 10.1 Å². The molecule has 0 bridgehead atoms. The highest BCUT2D eigenvalue weighted by molar-refractivity contribution is 7.85. The molecular weight excluding hydrogens is 190 g/mol. The van der Waals surface area contributed by atoms with E-state index >= 15 is 0 Å². The summed E-state index contributed by atoms with van der Waals surface area (Å²) in [6, 6.07) is 2.45. The maximum absolute atomic E-state index is 10.4. The van der Waals surface area contributed by atoms with E-state index in [4.69, 9.17) is 16.2 Å². The van der Waals surface area contributed by atoms with Crippen LogP contribution in [-0.4, -0.2) is 18.0 Å². The lowest BCUT2D eigenvalue weighted by atomic mass is 10.5. The van der Waals surface area contributed by atoms with Crippen LogP contribution < -0.4 is 0 Å². The topological polar surface area (TPSA) is 67.3 Å². The number of hydrogen-bond acceptors (Lipinski definition) is 3. The first-order chi connectivity index (χ1) is 5.00. The number of halogens is 1. The third-order valence-corrected chi connectivity index (χ3v) is 2.06. The van der Waals surface area contributed by atoms with Crippen molar-refractivity contribution in [3.05, 3.63) is 23.5 Å². The average Bonchev–Trinajstić information content (AvgIpc) is 1.86. The molecule has 0 radical (unpaired) electrons. The smallest absolute Gasteiger partial charge is 0.282 e. The van der Waals surface area contributed by atoms with Crippen molar-refractivity contribution < 1.29 is 13.0 Å². The number of hydrogen-bond donors (Lipinski definition) is 1. The van der Waals surface area contributed by atoms with Crippen molar-refractivity contribution in [1.82, 2.24) is 4.98 Å². The molecule has 0 aliphatic rings. The minimum atomic E-state index is -4.14. The SMILES string of the molecule is O=S(=O)(O)c1ccc(Cl)nc1. The minimum absolute atomic E-state index is 0.178. The molecule has 0 saturated heterocycles. The van der Waals surface area contributed by atoms with Gasteiger partial charge in [0.1, 0.15) is 10.0 Å². The van der Waals surface area contributed by atoms with E-state index in [0.717, 1.165) is 6.20 Å². The maximum atomic E-state index is 10.4. The van der Waals surface area contributed by atoms with Crippen LogP contribution in [0.1, 0.15) is 0 Å². The molecule has 1 heterocycles. The summed E-state index contributed by atoms with van der Waals surface area (Å²) < 4.78 is 29.3. The summed E-state index contributed by atoms with van der Waals surface area (Å²) in [7, 11) is -4.14. The summed E-state index contributed by atoms with van der Waals surface area (Å²) in [6.07, 6.45) is 0.984. The number of pyridine rings is 1. The lowest BCUT2D eigenvalue weighted by Gasteiger charge is -1.93. The molecule has 0 aromatic carbocycles. The lowest BCUT2D eigenvalue weighted by Crippen LogP contribution is -1.97. The predicted molar refractivity (Wildman–Crippen MR) is 39.1 cm³/mol. The largest absolute Gasteiger partial charge is 0.296 e. The van der Waals surface area contributed by atoms with Crippen LogP contribution in [0.15, 0.2) is 23.2 Å². The molecule has 4 nitrogen and oxygen atoms in total. The van der Waals surface area contributed by atoms with Gasteiger partial charge in [0.2, 0.25) is 0 Å². The Balaban J connectivity index is 3.20. The Labute approximate surface area is 68.6 Å². The average molecular weight is 194 g/mol. The van der Waals surface area contributed by atoms with Gasteiger partial charge in [-0.3, -0.25) is 4.55 Å². The van der Waals surface area contributed by atoms with E-state index < -0.39 is 10.1 Å². The molecule has 0 unspecified atom stereocenters. The monoisotopic (exact) mass is 193 g/mol. The van der Waals surface area contributed by atoms with Crippen molar-refractivity contribution in [3.63, 3.8) is 0 Å². The minimum Gasteiger partial charge on any atom is -0.282 e. The molecule has 1 N–H and O–H groups in total. The van der Waals surface area contributed by atoms with Gasteiger partial charge in [-0.2, -0.15) is 8.42 Å². The molecule has 1 aromatic heterocycles. The highest BCUT2D eigenvalue weighted by Gasteiger charge is 2.08.